The fourth-order valence-electron chi connectivity index (χ4n) is 2.29. The van der Waals surface area contributed by atoms with E-state index in [0.717, 1.165) is 11.1 Å². The predicted octanol–water partition coefficient (Wildman–Crippen LogP) is 3.19. The highest BCUT2D eigenvalue weighted by atomic mass is 35.5. The molecule has 2 N–H and O–H groups in total. The summed E-state index contributed by atoms with van der Waals surface area (Å²) in [6.45, 7) is 0. The van der Waals surface area contributed by atoms with Crippen LogP contribution in [0.1, 0.15) is 11.1 Å². The Kier molecular flexibility index (Phi) is 3.94. The summed E-state index contributed by atoms with van der Waals surface area (Å²) in [7, 11) is 1.73. The van der Waals surface area contributed by atoms with Crippen molar-refractivity contribution in [3.05, 3.63) is 76.6 Å². The average molecular weight is 312 g/mol. The Balaban J connectivity index is 2.25. The number of hydrogen-bond acceptors (Lipinski definition) is 3. The molecule has 110 valence electrons. The number of halogens is 1. The van der Waals surface area contributed by atoms with Gasteiger partial charge in [-0.2, -0.15) is 0 Å². The summed E-state index contributed by atoms with van der Waals surface area (Å²) < 4.78 is 0. The van der Waals surface area contributed by atoms with Crippen LogP contribution in [0, 0.1) is 0 Å². The zero-order valence-electron chi connectivity index (χ0n) is 11.9. The van der Waals surface area contributed by atoms with Crippen LogP contribution in [0.25, 0.3) is 0 Å². The van der Waals surface area contributed by atoms with E-state index in [9.17, 15) is 4.79 Å². The molecule has 0 fully saturated rings. The van der Waals surface area contributed by atoms with Gasteiger partial charge in [0.25, 0.3) is 5.91 Å². The molecule has 0 saturated heterocycles. The molecule has 0 aromatic heterocycles. The van der Waals surface area contributed by atoms with Gasteiger partial charge in [-0.1, -0.05) is 41.9 Å². The predicted molar refractivity (Wildman–Crippen MR) is 89.3 cm³/mol. The maximum atomic E-state index is 12.3. The molecule has 1 aliphatic rings. The lowest BCUT2D eigenvalue weighted by atomic mass is 10.0. The number of benzodiazepines with no additional fused rings is 1. The molecule has 3 rings (SSSR count). The number of nitrogens with zero attached hydrogens (tertiary/aromatic N) is 1. The Labute approximate surface area is 133 Å². The maximum absolute atomic E-state index is 12.3. The first-order valence-corrected chi connectivity index (χ1v) is 7.19. The topological polar surface area (TPSA) is 53.5 Å². The zero-order valence-corrected chi connectivity index (χ0v) is 12.7. The lowest BCUT2D eigenvalue weighted by Crippen LogP contribution is -2.14. The standard InChI is InChI=1S/C17H14ClN3O/c1-19-10-15-17(22)21-14-8-7-12(18)9-13(14)16(20-15)11-5-3-2-4-6-11/h2-10,19H,1H3,(H,21,22). The van der Waals surface area contributed by atoms with E-state index in [4.69, 9.17) is 11.6 Å². The number of amides is 1. The summed E-state index contributed by atoms with van der Waals surface area (Å²) in [5.74, 6) is -0.260. The van der Waals surface area contributed by atoms with E-state index in [1.807, 2.05) is 36.4 Å². The summed E-state index contributed by atoms with van der Waals surface area (Å²) in [6, 6.07) is 15.1. The first-order valence-electron chi connectivity index (χ1n) is 6.82. The second kappa shape index (κ2) is 6.03. The average Bonchev–Trinajstić information content (AvgIpc) is 2.66. The van der Waals surface area contributed by atoms with Crippen molar-refractivity contribution in [3.63, 3.8) is 0 Å². The number of rotatable bonds is 2. The number of benzene rings is 2. The molecular formula is C17H14ClN3O. The van der Waals surface area contributed by atoms with Gasteiger partial charge in [-0.15, -0.1) is 0 Å². The summed E-state index contributed by atoms with van der Waals surface area (Å²) in [5, 5.41) is 6.31. The number of nitrogens with one attached hydrogen (secondary N) is 2. The molecule has 1 amide bonds. The first kappa shape index (κ1) is 14.4. The first-order chi connectivity index (χ1) is 10.7. The monoisotopic (exact) mass is 311 g/mol. The van der Waals surface area contributed by atoms with Crippen molar-refractivity contribution in [2.24, 2.45) is 4.99 Å². The van der Waals surface area contributed by atoms with Crippen molar-refractivity contribution < 1.29 is 4.79 Å². The van der Waals surface area contributed by atoms with Gasteiger partial charge in [0.1, 0.15) is 5.70 Å². The number of fused-ring (bicyclic) bond motifs is 1. The van der Waals surface area contributed by atoms with E-state index in [0.29, 0.717) is 22.1 Å². The van der Waals surface area contributed by atoms with Crippen LogP contribution in [0.15, 0.2) is 65.4 Å². The smallest absolute Gasteiger partial charge is 0.275 e. The second-order valence-electron chi connectivity index (χ2n) is 4.79. The number of aliphatic imine (C=N–C) groups is 1. The van der Waals surface area contributed by atoms with Crippen LogP contribution >= 0.6 is 11.6 Å². The van der Waals surface area contributed by atoms with Crippen LogP contribution in [0.2, 0.25) is 5.02 Å². The third-order valence-electron chi connectivity index (χ3n) is 3.28. The van der Waals surface area contributed by atoms with Crippen LogP contribution in [0.4, 0.5) is 5.69 Å². The van der Waals surface area contributed by atoms with Crippen LogP contribution in [0.3, 0.4) is 0 Å². The van der Waals surface area contributed by atoms with E-state index in [1.54, 1.807) is 25.4 Å². The minimum Gasteiger partial charge on any atom is -0.392 e. The largest absolute Gasteiger partial charge is 0.392 e. The quantitative estimate of drug-likeness (QED) is 0.837. The van der Waals surface area contributed by atoms with Crippen LogP contribution in [-0.4, -0.2) is 18.7 Å². The minimum atomic E-state index is -0.260. The van der Waals surface area contributed by atoms with Crippen molar-refractivity contribution in [1.82, 2.24) is 5.32 Å². The second-order valence-corrected chi connectivity index (χ2v) is 5.23. The highest BCUT2D eigenvalue weighted by Crippen LogP contribution is 2.27. The molecule has 0 radical (unpaired) electrons. The molecule has 0 unspecified atom stereocenters. The van der Waals surface area contributed by atoms with Gasteiger partial charge in [-0.3, -0.25) is 4.79 Å². The highest BCUT2D eigenvalue weighted by Gasteiger charge is 2.21. The Morgan fingerprint density at radius 1 is 1.18 bits per heavy atom. The molecule has 0 spiro atoms. The van der Waals surface area contributed by atoms with Gasteiger partial charge in [0, 0.05) is 29.4 Å². The summed E-state index contributed by atoms with van der Waals surface area (Å²) in [5.41, 5.74) is 3.43. The van der Waals surface area contributed by atoms with Gasteiger partial charge in [0.2, 0.25) is 0 Å². The van der Waals surface area contributed by atoms with Crippen molar-refractivity contribution in [2.75, 3.05) is 12.4 Å². The van der Waals surface area contributed by atoms with Gasteiger partial charge >= 0.3 is 0 Å². The van der Waals surface area contributed by atoms with Gasteiger partial charge in [-0.25, -0.2) is 4.99 Å². The van der Waals surface area contributed by atoms with Crippen LogP contribution in [0.5, 0.6) is 0 Å². The van der Waals surface area contributed by atoms with E-state index >= 15 is 0 Å². The molecule has 4 nitrogen and oxygen atoms in total. The molecule has 0 saturated carbocycles. The molecule has 1 aliphatic heterocycles. The molecule has 0 bridgehead atoms. The SMILES string of the molecule is CNC=C1N=C(c2ccccc2)c2cc(Cl)ccc2NC1=O. The lowest BCUT2D eigenvalue weighted by Gasteiger charge is -2.10. The Hall–Kier alpha value is -2.59. The molecule has 5 heteroatoms. The normalized spacial score (nSPS) is 15.6. The number of carbonyl (C=O) groups is 1. The number of carbonyl (C=O) groups excluding carboxylic acids is 1. The molecule has 2 aromatic rings. The van der Waals surface area contributed by atoms with Crippen molar-refractivity contribution in [1.29, 1.82) is 0 Å². The molecule has 2 aromatic carbocycles. The molecule has 1 heterocycles. The summed E-state index contributed by atoms with van der Waals surface area (Å²) in [6.07, 6.45) is 1.58. The maximum Gasteiger partial charge on any atom is 0.275 e. The van der Waals surface area contributed by atoms with E-state index in [1.165, 1.54) is 0 Å². The Morgan fingerprint density at radius 3 is 2.68 bits per heavy atom. The van der Waals surface area contributed by atoms with Crippen molar-refractivity contribution in [3.8, 4) is 0 Å². The third kappa shape index (κ3) is 2.73. The van der Waals surface area contributed by atoms with E-state index < -0.39 is 0 Å². The van der Waals surface area contributed by atoms with Crippen molar-refractivity contribution >= 4 is 28.9 Å². The highest BCUT2D eigenvalue weighted by molar-refractivity contribution is 6.32. The van der Waals surface area contributed by atoms with Gasteiger partial charge < -0.3 is 10.6 Å². The van der Waals surface area contributed by atoms with Gasteiger partial charge in [0.05, 0.1) is 11.4 Å². The number of anilines is 1. The summed E-state index contributed by atoms with van der Waals surface area (Å²) >= 11 is 6.12. The molecular weight excluding hydrogens is 298 g/mol. The zero-order chi connectivity index (χ0) is 15.5. The van der Waals surface area contributed by atoms with Gasteiger partial charge in [0.15, 0.2) is 0 Å². The van der Waals surface area contributed by atoms with Crippen LogP contribution < -0.4 is 10.6 Å². The van der Waals surface area contributed by atoms with Gasteiger partial charge in [-0.05, 0) is 18.2 Å². The Bertz CT molecular complexity index is 782. The fourth-order valence-corrected chi connectivity index (χ4v) is 2.46. The molecule has 22 heavy (non-hydrogen) atoms. The lowest BCUT2D eigenvalue weighted by molar-refractivity contribution is -0.112. The van der Waals surface area contributed by atoms with E-state index in [2.05, 4.69) is 15.6 Å². The van der Waals surface area contributed by atoms with E-state index in [-0.39, 0.29) is 5.91 Å². The molecule has 0 aliphatic carbocycles. The third-order valence-corrected chi connectivity index (χ3v) is 3.51. The fraction of sp³-hybridized carbons (Fsp3) is 0.0588. The molecule has 0 atom stereocenters. The number of hydrogen-bond donors (Lipinski definition) is 2. The van der Waals surface area contributed by atoms with Crippen LogP contribution in [-0.2, 0) is 4.79 Å². The minimum absolute atomic E-state index is 0.260. The Morgan fingerprint density at radius 2 is 1.95 bits per heavy atom. The van der Waals surface area contributed by atoms with Crippen molar-refractivity contribution in [2.45, 2.75) is 0 Å². The summed E-state index contributed by atoms with van der Waals surface area (Å²) in [4.78, 5) is 16.8.